The van der Waals surface area contributed by atoms with Gasteiger partial charge in [-0.25, -0.2) is 0 Å². The lowest BCUT2D eigenvalue weighted by molar-refractivity contribution is 0.102. The molecule has 0 aliphatic carbocycles. The highest BCUT2D eigenvalue weighted by Gasteiger charge is 2.26. The summed E-state index contributed by atoms with van der Waals surface area (Å²) in [7, 11) is 6.56. The summed E-state index contributed by atoms with van der Waals surface area (Å²) in [6.45, 7) is 5.77. The van der Waals surface area contributed by atoms with Crippen LogP contribution >= 0.6 is 11.3 Å². The summed E-state index contributed by atoms with van der Waals surface area (Å²) in [5.41, 5.74) is 1.48. The molecule has 1 aliphatic heterocycles. The van der Waals surface area contributed by atoms with Crippen LogP contribution in [0.3, 0.4) is 0 Å². The summed E-state index contributed by atoms with van der Waals surface area (Å²) in [5, 5.41) is 5.69. The van der Waals surface area contributed by atoms with Gasteiger partial charge in [0.2, 0.25) is 0 Å². The smallest absolute Gasteiger partial charge is 0.0343 e. The second-order valence-corrected chi connectivity index (χ2v) is 6.53. The number of rotatable bonds is 4. The standard InChI is InChI=1S/C14H25N3S/c1-11-13(5-8-18-11)14(15-2)9-12-10-16(3)6-7-17(12)4/h5,8,12,14-15H,6-7,9-10H2,1-4H3. The van der Waals surface area contributed by atoms with Crippen molar-refractivity contribution in [2.45, 2.75) is 25.4 Å². The van der Waals surface area contributed by atoms with Crippen molar-refractivity contribution in [3.63, 3.8) is 0 Å². The van der Waals surface area contributed by atoms with E-state index in [1.165, 1.54) is 36.5 Å². The first kappa shape index (κ1) is 14.0. The molecule has 1 fully saturated rings. The van der Waals surface area contributed by atoms with Crippen molar-refractivity contribution in [1.82, 2.24) is 15.1 Å². The van der Waals surface area contributed by atoms with E-state index in [1.807, 2.05) is 11.3 Å². The number of hydrogen-bond donors (Lipinski definition) is 1. The fourth-order valence-corrected chi connectivity index (χ4v) is 3.55. The Morgan fingerprint density at radius 3 is 2.83 bits per heavy atom. The summed E-state index contributed by atoms with van der Waals surface area (Å²) < 4.78 is 0. The molecule has 0 saturated carbocycles. The van der Waals surface area contributed by atoms with Gasteiger partial charge < -0.3 is 15.1 Å². The van der Waals surface area contributed by atoms with E-state index in [2.05, 4.69) is 54.6 Å². The average molecular weight is 267 g/mol. The molecule has 102 valence electrons. The van der Waals surface area contributed by atoms with Gasteiger partial charge in [0.05, 0.1) is 0 Å². The maximum Gasteiger partial charge on any atom is 0.0343 e. The van der Waals surface area contributed by atoms with Crippen molar-refractivity contribution in [2.75, 3.05) is 40.8 Å². The van der Waals surface area contributed by atoms with E-state index in [1.54, 1.807) is 0 Å². The first-order valence-corrected chi connectivity index (χ1v) is 7.59. The zero-order chi connectivity index (χ0) is 13.1. The Labute approximate surface area is 115 Å². The van der Waals surface area contributed by atoms with Crippen LogP contribution in [0.15, 0.2) is 11.4 Å². The summed E-state index contributed by atoms with van der Waals surface area (Å²) in [6, 6.07) is 3.41. The molecule has 0 amide bonds. The van der Waals surface area contributed by atoms with E-state index >= 15 is 0 Å². The Bertz CT molecular complexity index is 377. The van der Waals surface area contributed by atoms with Crippen molar-refractivity contribution in [3.05, 3.63) is 21.9 Å². The molecule has 1 aromatic heterocycles. The van der Waals surface area contributed by atoms with Crippen molar-refractivity contribution in [2.24, 2.45) is 0 Å². The van der Waals surface area contributed by atoms with Crippen LogP contribution in [0.4, 0.5) is 0 Å². The van der Waals surface area contributed by atoms with Crippen LogP contribution in [-0.4, -0.2) is 56.6 Å². The molecule has 18 heavy (non-hydrogen) atoms. The number of nitrogens with zero attached hydrogens (tertiary/aromatic N) is 2. The summed E-state index contributed by atoms with van der Waals surface area (Å²) >= 11 is 1.85. The van der Waals surface area contributed by atoms with E-state index in [-0.39, 0.29) is 0 Å². The predicted octanol–water partition coefficient (Wildman–Crippen LogP) is 1.95. The van der Waals surface area contributed by atoms with Gasteiger partial charge in [-0.05, 0) is 51.5 Å². The molecular weight excluding hydrogens is 242 g/mol. The Hall–Kier alpha value is -0.420. The highest BCUT2D eigenvalue weighted by molar-refractivity contribution is 7.10. The highest BCUT2D eigenvalue weighted by Crippen LogP contribution is 2.27. The van der Waals surface area contributed by atoms with E-state index in [0.717, 1.165) is 0 Å². The molecule has 1 N–H and O–H groups in total. The summed E-state index contributed by atoms with van der Waals surface area (Å²) in [5.74, 6) is 0. The van der Waals surface area contributed by atoms with Gasteiger partial charge in [-0.1, -0.05) is 0 Å². The quantitative estimate of drug-likeness (QED) is 0.899. The third-order valence-corrected chi connectivity index (χ3v) is 4.97. The third-order valence-electron chi connectivity index (χ3n) is 4.11. The van der Waals surface area contributed by atoms with E-state index in [4.69, 9.17) is 0 Å². The molecular formula is C14H25N3S. The van der Waals surface area contributed by atoms with Gasteiger partial charge >= 0.3 is 0 Å². The molecule has 1 aromatic rings. The van der Waals surface area contributed by atoms with Crippen molar-refractivity contribution >= 4 is 11.3 Å². The Morgan fingerprint density at radius 2 is 2.22 bits per heavy atom. The number of nitrogens with one attached hydrogen (secondary N) is 1. The van der Waals surface area contributed by atoms with E-state index < -0.39 is 0 Å². The molecule has 0 bridgehead atoms. The van der Waals surface area contributed by atoms with Crippen LogP contribution < -0.4 is 5.32 Å². The SMILES string of the molecule is CNC(CC1CN(C)CCN1C)c1ccsc1C. The molecule has 0 spiro atoms. The lowest BCUT2D eigenvalue weighted by Crippen LogP contribution is -2.50. The molecule has 1 saturated heterocycles. The molecule has 2 atom stereocenters. The maximum atomic E-state index is 3.49. The summed E-state index contributed by atoms with van der Waals surface area (Å²) in [6.07, 6.45) is 1.19. The molecule has 0 aromatic carbocycles. The van der Waals surface area contributed by atoms with Crippen molar-refractivity contribution < 1.29 is 0 Å². The van der Waals surface area contributed by atoms with Crippen molar-refractivity contribution in [3.8, 4) is 0 Å². The van der Waals surface area contributed by atoms with Gasteiger partial charge in [0, 0.05) is 36.6 Å². The largest absolute Gasteiger partial charge is 0.313 e. The molecule has 2 unspecified atom stereocenters. The van der Waals surface area contributed by atoms with Gasteiger partial charge in [-0.15, -0.1) is 11.3 Å². The molecule has 4 heteroatoms. The van der Waals surface area contributed by atoms with Gasteiger partial charge in [0.25, 0.3) is 0 Å². The van der Waals surface area contributed by atoms with Gasteiger partial charge in [-0.2, -0.15) is 0 Å². The number of hydrogen-bond acceptors (Lipinski definition) is 4. The van der Waals surface area contributed by atoms with Crippen molar-refractivity contribution in [1.29, 1.82) is 0 Å². The molecule has 0 radical (unpaired) electrons. The van der Waals surface area contributed by atoms with Crippen LogP contribution in [0.1, 0.15) is 22.9 Å². The fraction of sp³-hybridized carbons (Fsp3) is 0.714. The predicted molar refractivity (Wildman–Crippen MR) is 79.4 cm³/mol. The first-order chi connectivity index (χ1) is 8.61. The molecule has 1 aliphatic rings. The average Bonchev–Trinajstić information content (AvgIpc) is 2.77. The summed E-state index contributed by atoms with van der Waals surface area (Å²) in [4.78, 5) is 6.39. The lowest BCUT2D eigenvalue weighted by Gasteiger charge is -2.39. The zero-order valence-electron chi connectivity index (χ0n) is 11.9. The minimum atomic E-state index is 0.482. The van der Waals surface area contributed by atoms with Crippen LogP contribution in [-0.2, 0) is 0 Å². The third kappa shape index (κ3) is 3.12. The van der Waals surface area contributed by atoms with E-state index in [0.29, 0.717) is 12.1 Å². The van der Waals surface area contributed by atoms with Crippen LogP contribution in [0.2, 0.25) is 0 Å². The second kappa shape index (κ2) is 6.15. The number of aryl methyl sites for hydroxylation is 1. The second-order valence-electron chi connectivity index (χ2n) is 5.41. The van der Waals surface area contributed by atoms with Gasteiger partial charge in [0.15, 0.2) is 0 Å². The highest BCUT2D eigenvalue weighted by atomic mass is 32.1. The van der Waals surface area contributed by atoms with E-state index in [9.17, 15) is 0 Å². The number of thiophene rings is 1. The normalized spacial score (nSPS) is 24.3. The van der Waals surface area contributed by atoms with Crippen LogP contribution in [0, 0.1) is 6.92 Å². The minimum Gasteiger partial charge on any atom is -0.313 e. The topological polar surface area (TPSA) is 18.5 Å². The van der Waals surface area contributed by atoms with Crippen LogP contribution in [0.25, 0.3) is 0 Å². The Morgan fingerprint density at radius 1 is 1.44 bits per heavy atom. The number of likely N-dealkylation sites (N-methyl/N-ethyl adjacent to an activating group) is 2. The number of piperazine rings is 1. The first-order valence-electron chi connectivity index (χ1n) is 6.72. The van der Waals surface area contributed by atoms with Gasteiger partial charge in [-0.3, -0.25) is 0 Å². The molecule has 3 nitrogen and oxygen atoms in total. The molecule has 2 rings (SSSR count). The lowest BCUT2D eigenvalue weighted by atomic mass is 9.98. The maximum absolute atomic E-state index is 3.49. The van der Waals surface area contributed by atoms with Crippen LogP contribution in [0.5, 0.6) is 0 Å². The Kier molecular flexibility index (Phi) is 4.78. The zero-order valence-corrected chi connectivity index (χ0v) is 12.8. The minimum absolute atomic E-state index is 0.482. The molecule has 2 heterocycles. The van der Waals surface area contributed by atoms with Gasteiger partial charge in [0.1, 0.15) is 0 Å². The Balaban J connectivity index is 2.04. The monoisotopic (exact) mass is 267 g/mol. The fourth-order valence-electron chi connectivity index (χ4n) is 2.78.